The predicted molar refractivity (Wildman–Crippen MR) is 79.2 cm³/mol. The van der Waals surface area contributed by atoms with Crippen molar-refractivity contribution in [2.45, 2.75) is 31.2 Å². The maximum atomic E-state index is 10.6. The van der Waals surface area contributed by atoms with Gasteiger partial charge in [-0.2, -0.15) is 8.42 Å². The van der Waals surface area contributed by atoms with E-state index in [9.17, 15) is 23.7 Å². The van der Waals surface area contributed by atoms with Gasteiger partial charge in [0.05, 0.1) is 12.2 Å². The number of benzene rings is 1. The first-order valence-corrected chi connectivity index (χ1v) is 8.40. The molecular weight excluding hydrogens is 343 g/mol. The lowest BCUT2D eigenvalue weighted by Crippen LogP contribution is -2.41. The highest BCUT2D eigenvalue weighted by molar-refractivity contribution is 7.85. The standard InChI is InChI=1S/C12H16Cl2O6S/c13-8-3-1-7(9(14)5-8)2-4-10(15)12(17)11(16)6-21(18,19)20/h1,3,5,10-12,15-17H,2,4,6H2,(H,18,19,20)/t10-,11+,12+/m1/s1. The van der Waals surface area contributed by atoms with Crippen molar-refractivity contribution in [1.29, 1.82) is 0 Å². The Morgan fingerprint density at radius 2 is 1.71 bits per heavy atom. The van der Waals surface area contributed by atoms with Gasteiger partial charge in [-0.3, -0.25) is 4.55 Å². The fourth-order valence-electron chi connectivity index (χ4n) is 1.77. The molecule has 0 saturated heterocycles. The van der Waals surface area contributed by atoms with Gasteiger partial charge in [0.25, 0.3) is 10.1 Å². The van der Waals surface area contributed by atoms with Gasteiger partial charge in [0.1, 0.15) is 11.9 Å². The molecule has 0 fully saturated rings. The average Bonchev–Trinajstić information content (AvgIpc) is 2.34. The minimum atomic E-state index is -4.44. The summed E-state index contributed by atoms with van der Waals surface area (Å²) in [5, 5.41) is 29.6. The topological polar surface area (TPSA) is 115 Å². The van der Waals surface area contributed by atoms with Gasteiger partial charge in [0.15, 0.2) is 0 Å². The van der Waals surface area contributed by atoms with Crippen molar-refractivity contribution in [2.75, 3.05) is 5.75 Å². The Hall–Kier alpha value is -0.410. The van der Waals surface area contributed by atoms with Crippen LogP contribution in [0.25, 0.3) is 0 Å². The molecule has 3 atom stereocenters. The summed E-state index contributed by atoms with van der Waals surface area (Å²) < 4.78 is 29.8. The zero-order valence-corrected chi connectivity index (χ0v) is 13.2. The van der Waals surface area contributed by atoms with E-state index in [1.165, 1.54) is 6.07 Å². The molecule has 0 aliphatic rings. The van der Waals surface area contributed by atoms with Gasteiger partial charge in [-0.15, -0.1) is 0 Å². The van der Waals surface area contributed by atoms with Crippen molar-refractivity contribution in [1.82, 2.24) is 0 Å². The summed E-state index contributed by atoms with van der Waals surface area (Å²) in [5.41, 5.74) is 0.691. The van der Waals surface area contributed by atoms with Crippen LogP contribution in [0.5, 0.6) is 0 Å². The highest BCUT2D eigenvalue weighted by Crippen LogP contribution is 2.23. The molecule has 0 saturated carbocycles. The molecule has 0 bridgehead atoms. The Labute approximate surface area is 132 Å². The van der Waals surface area contributed by atoms with E-state index in [4.69, 9.17) is 27.8 Å². The van der Waals surface area contributed by atoms with Crippen LogP contribution in [0.3, 0.4) is 0 Å². The van der Waals surface area contributed by atoms with Gasteiger partial charge in [-0.05, 0) is 30.5 Å². The molecule has 1 aromatic rings. The van der Waals surface area contributed by atoms with Crippen molar-refractivity contribution >= 4 is 33.3 Å². The molecule has 0 aliphatic carbocycles. The smallest absolute Gasteiger partial charge is 0.267 e. The summed E-state index contributed by atoms with van der Waals surface area (Å²) in [6.07, 6.45) is -4.50. The second-order valence-corrected chi connectivity index (χ2v) is 6.99. The normalized spacial score (nSPS) is 16.5. The number of aliphatic hydroxyl groups is 3. The minimum absolute atomic E-state index is 0.0467. The van der Waals surface area contributed by atoms with E-state index >= 15 is 0 Å². The monoisotopic (exact) mass is 358 g/mol. The van der Waals surface area contributed by atoms with Crippen molar-refractivity contribution in [3.8, 4) is 0 Å². The highest BCUT2D eigenvalue weighted by atomic mass is 35.5. The fourth-order valence-corrected chi connectivity index (χ4v) is 2.90. The highest BCUT2D eigenvalue weighted by Gasteiger charge is 2.28. The molecule has 6 nitrogen and oxygen atoms in total. The van der Waals surface area contributed by atoms with Gasteiger partial charge in [0.2, 0.25) is 0 Å². The number of aryl methyl sites for hydroxylation is 1. The molecule has 0 unspecified atom stereocenters. The quantitative estimate of drug-likeness (QED) is 0.538. The van der Waals surface area contributed by atoms with Gasteiger partial charge in [-0.25, -0.2) is 0 Å². The lowest BCUT2D eigenvalue weighted by atomic mass is 10.0. The maximum Gasteiger partial charge on any atom is 0.267 e. The number of hydrogen-bond acceptors (Lipinski definition) is 5. The first-order chi connectivity index (χ1) is 9.60. The van der Waals surface area contributed by atoms with Crippen LogP contribution in [0, 0.1) is 0 Å². The van der Waals surface area contributed by atoms with Crippen LogP contribution in [0.2, 0.25) is 10.0 Å². The van der Waals surface area contributed by atoms with Gasteiger partial charge >= 0.3 is 0 Å². The SMILES string of the molecule is O=S(=O)(O)C[C@H](O)[C@@H](O)[C@H](O)CCc1ccc(Cl)cc1Cl. The van der Waals surface area contributed by atoms with Crippen molar-refractivity contribution in [2.24, 2.45) is 0 Å². The van der Waals surface area contributed by atoms with Gasteiger partial charge in [0, 0.05) is 10.0 Å². The van der Waals surface area contributed by atoms with Crippen LogP contribution in [0.1, 0.15) is 12.0 Å². The fraction of sp³-hybridized carbons (Fsp3) is 0.500. The van der Waals surface area contributed by atoms with Crippen LogP contribution in [-0.2, 0) is 16.5 Å². The van der Waals surface area contributed by atoms with E-state index in [0.717, 1.165) is 0 Å². The van der Waals surface area contributed by atoms with E-state index in [2.05, 4.69) is 0 Å². The summed E-state index contributed by atoms with van der Waals surface area (Å²) in [5.74, 6) is -1.05. The Bertz CT molecular complexity index is 577. The van der Waals surface area contributed by atoms with E-state index in [0.29, 0.717) is 22.0 Å². The first kappa shape index (κ1) is 18.6. The third-order valence-electron chi connectivity index (χ3n) is 2.89. The third kappa shape index (κ3) is 6.48. The summed E-state index contributed by atoms with van der Waals surface area (Å²) in [6, 6.07) is 4.82. The molecule has 4 N–H and O–H groups in total. The van der Waals surface area contributed by atoms with Gasteiger partial charge in [-0.1, -0.05) is 29.3 Å². The zero-order chi connectivity index (χ0) is 16.2. The van der Waals surface area contributed by atoms with E-state index < -0.39 is 34.2 Å². The third-order valence-corrected chi connectivity index (χ3v) is 4.24. The second-order valence-electron chi connectivity index (χ2n) is 4.65. The van der Waals surface area contributed by atoms with Crippen LogP contribution in [-0.4, -0.2) is 52.4 Å². The van der Waals surface area contributed by atoms with Crippen LogP contribution < -0.4 is 0 Å². The number of hydrogen-bond donors (Lipinski definition) is 4. The van der Waals surface area contributed by atoms with Crippen LogP contribution in [0.4, 0.5) is 0 Å². The summed E-state index contributed by atoms with van der Waals surface area (Å²) in [6.45, 7) is 0. The van der Waals surface area contributed by atoms with E-state index in [1.54, 1.807) is 12.1 Å². The minimum Gasteiger partial charge on any atom is -0.390 e. The average molecular weight is 359 g/mol. The second kappa shape index (κ2) is 7.73. The molecule has 0 spiro atoms. The van der Waals surface area contributed by atoms with Crippen molar-refractivity contribution in [3.05, 3.63) is 33.8 Å². The van der Waals surface area contributed by atoms with Crippen LogP contribution in [0.15, 0.2) is 18.2 Å². The molecule has 1 aromatic carbocycles. The number of rotatable bonds is 7. The zero-order valence-electron chi connectivity index (χ0n) is 10.9. The molecular formula is C12H16Cl2O6S. The molecule has 0 aromatic heterocycles. The molecule has 120 valence electrons. The molecule has 0 aliphatic heterocycles. The Kier molecular flexibility index (Phi) is 6.86. The first-order valence-electron chi connectivity index (χ1n) is 6.03. The van der Waals surface area contributed by atoms with Crippen molar-refractivity contribution in [3.63, 3.8) is 0 Å². The van der Waals surface area contributed by atoms with Crippen LogP contribution >= 0.6 is 23.2 Å². The Morgan fingerprint density at radius 1 is 1.10 bits per heavy atom. The molecule has 9 heteroatoms. The Balaban J connectivity index is 2.58. The summed E-state index contributed by atoms with van der Waals surface area (Å²) >= 11 is 11.7. The van der Waals surface area contributed by atoms with E-state index in [-0.39, 0.29) is 6.42 Å². The number of halogens is 2. The lowest BCUT2D eigenvalue weighted by molar-refractivity contribution is -0.0531. The maximum absolute atomic E-state index is 10.6. The molecule has 0 heterocycles. The number of aliphatic hydroxyl groups excluding tert-OH is 3. The van der Waals surface area contributed by atoms with Gasteiger partial charge < -0.3 is 15.3 Å². The molecule has 1 rings (SSSR count). The van der Waals surface area contributed by atoms with Crippen molar-refractivity contribution < 1.29 is 28.3 Å². The summed E-state index contributed by atoms with van der Waals surface area (Å²) in [7, 11) is -4.44. The Morgan fingerprint density at radius 3 is 2.24 bits per heavy atom. The molecule has 0 radical (unpaired) electrons. The lowest BCUT2D eigenvalue weighted by Gasteiger charge is -2.22. The largest absolute Gasteiger partial charge is 0.390 e. The van der Waals surface area contributed by atoms with E-state index in [1.807, 2.05) is 0 Å². The molecule has 0 amide bonds. The summed E-state index contributed by atoms with van der Waals surface area (Å²) in [4.78, 5) is 0. The molecule has 21 heavy (non-hydrogen) atoms. The predicted octanol–water partition coefficient (Wildman–Crippen LogP) is 0.897.